The van der Waals surface area contributed by atoms with Crippen LogP contribution < -0.4 is 5.14 Å². The number of hydrogen-bond donors (Lipinski definition) is 1. The third-order valence-corrected chi connectivity index (χ3v) is 3.71. The maximum atomic E-state index is 5.59. The molecule has 1 unspecified atom stereocenters. The van der Waals surface area contributed by atoms with Crippen molar-refractivity contribution in [2.24, 2.45) is 17.0 Å². The Morgan fingerprint density at radius 2 is 2.00 bits per heavy atom. The Bertz CT molecular complexity index is 118. The van der Waals surface area contributed by atoms with Crippen molar-refractivity contribution in [3.8, 4) is 0 Å². The average Bonchev–Trinajstić information content (AvgIpc) is 2.68. The van der Waals surface area contributed by atoms with Gasteiger partial charge in [-0.1, -0.05) is 18.9 Å². The van der Waals surface area contributed by atoms with Crippen molar-refractivity contribution in [3.63, 3.8) is 0 Å². The van der Waals surface area contributed by atoms with Gasteiger partial charge in [0.1, 0.15) is 0 Å². The molecule has 0 spiro atoms. The lowest BCUT2D eigenvalue weighted by Gasteiger charge is -2.28. The van der Waals surface area contributed by atoms with Gasteiger partial charge in [-0.3, -0.25) is 5.14 Å². The number of nitrogens with two attached hydrogens (primary N) is 1. The van der Waals surface area contributed by atoms with Gasteiger partial charge >= 0.3 is 0 Å². The fourth-order valence-electron chi connectivity index (χ4n) is 1.27. The van der Waals surface area contributed by atoms with Gasteiger partial charge in [-0.25, -0.2) is 0 Å². The summed E-state index contributed by atoms with van der Waals surface area (Å²) in [7, 11) is 0. The second-order valence-electron chi connectivity index (χ2n) is 3.85. The third kappa shape index (κ3) is 1.67. The van der Waals surface area contributed by atoms with E-state index in [0.29, 0.717) is 0 Å². The molecular formula is C8H17NS. The zero-order chi connectivity index (χ0) is 7.78. The predicted octanol–water partition coefficient (Wildman–Crippen LogP) is 2.42. The van der Waals surface area contributed by atoms with Crippen LogP contribution in [0.25, 0.3) is 0 Å². The first kappa shape index (κ1) is 8.41. The monoisotopic (exact) mass is 159 g/mol. The maximum Gasteiger partial charge on any atom is 0.0274 e. The molecule has 10 heavy (non-hydrogen) atoms. The summed E-state index contributed by atoms with van der Waals surface area (Å²) in [6.07, 6.45) is 2.84. The SMILES string of the molecule is CC(C1CC1)C(C)(C)SN. The third-order valence-electron chi connectivity index (χ3n) is 2.73. The van der Waals surface area contributed by atoms with E-state index >= 15 is 0 Å². The predicted molar refractivity (Wildman–Crippen MR) is 47.7 cm³/mol. The minimum atomic E-state index is 0.279. The summed E-state index contributed by atoms with van der Waals surface area (Å²) in [5, 5.41) is 5.59. The summed E-state index contributed by atoms with van der Waals surface area (Å²) >= 11 is 1.50. The maximum absolute atomic E-state index is 5.59. The first-order chi connectivity index (χ1) is 4.58. The fourth-order valence-corrected chi connectivity index (χ4v) is 1.68. The van der Waals surface area contributed by atoms with E-state index in [-0.39, 0.29) is 4.75 Å². The molecule has 1 nitrogen and oxygen atoms in total. The van der Waals surface area contributed by atoms with Gasteiger partial charge < -0.3 is 0 Å². The molecule has 0 aliphatic heterocycles. The highest BCUT2D eigenvalue weighted by molar-refractivity contribution is 7.98. The van der Waals surface area contributed by atoms with Crippen LogP contribution in [0.5, 0.6) is 0 Å². The average molecular weight is 159 g/mol. The van der Waals surface area contributed by atoms with Gasteiger partial charge in [-0.05, 0) is 38.5 Å². The van der Waals surface area contributed by atoms with Crippen molar-refractivity contribution in [2.75, 3.05) is 0 Å². The van der Waals surface area contributed by atoms with Gasteiger partial charge in [0.2, 0.25) is 0 Å². The molecule has 1 saturated carbocycles. The topological polar surface area (TPSA) is 26.0 Å². The van der Waals surface area contributed by atoms with Crippen LogP contribution in [0.2, 0.25) is 0 Å². The van der Waals surface area contributed by atoms with Crippen molar-refractivity contribution in [3.05, 3.63) is 0 Å². The second-order valence-corrected chi connectivity index (χ2v) is 5.14. The second kappa shape index (κ2) is 2.74. The quantitative estimate of drug-likeness (QED) is 0.640. The van der Waals surface area contributed by atoms with Gasteiger partial charge in [-0.15, -0.1) is 0 Å². The molecule has 1 aliphatic rings. The van der Waals surface area contributed by atoms with Crippen LogP contribution in [0, 0.1) is 11.8 Å². The summed E-state index contributed by atoms with van der Waals surface area (Å²) in [5.41, 5.74) is 0. The first-order valence-corrected chi connectivity index (χ1v) is 4.84. The molecule has 1 aliphatic carbocycles. The van der Waals surface area contributed by atoms with Gasteiger partial charge in [0.15, 0.2) is 0 Å². The van der Waals surface area contributed by atoms with Crippen LogP contribution in [0.4, 0.5) is 0 Å². The Morgan fingerprint density at radius 1 is 1.50 bits per heavy atom. The molecule has 2 heteroatoms. The van der Waals surface area contributed by atoms with E-state index in [9.17, 15) is 0 Å². The van der Waals surface area contributed by atoms with E-state index in [1.807, 2.05) is 0 Å². The van der Waals surface area contributed by atoms with Gasteiger partial charge in [0.05, 0.1) is 0 Å². The van der Waals surface area contributed by atoms with Gasteiger partial charge in [0, 0.05) is 4.75 Å². The van der Waals surface area contributed by atoms with Crippen molar-refractivity contribution in [1.29, 1.82) is 0 Å². The molecule has 1 rings (SSSR count). The fraction of sp³-hybridized carbons (Fsp3) is 1.00. The van der Waals surface area contributed by atoms with E-state index in [1.54, 1.807) is 0 Å². The normalized spacial score (nSPS) is 22.8. The van der Waals surface area contributed by atoms with E-state index in [2.05, 4.69) is 20.8 Å². The summed E-state index contributed by atoms with van der Waals surface area (Å²) < 4.78 is 0.279. The lowest BCUT2D eigenvalue weighted by molar-refractivity contribution is 0.410. The summed E-state index contributed by atoms with van der Waals surface area (Å²) in [6, 6.07) is 0. The van der Waals surface area contributed by atoms with Crippen molar-refractivity contribution < 1.29 is 0 Å². The van der Waals surface area contributed by atoms with Crippen molar-refractivity contribution in [1.82, 2.24) is 0 Å². The molecule has 0 radical (unpaired) electrons. The standard InChI is InChI=1S/C8H17NS/c1-6(7-4-5-7)8(2,3)10-9/h6-7H,4-5,9H2,1-3H3. The van der Waals surface area contributed by atoms with Gasteiger partial charge in [-0.2, -0.15) is 0 Å². The van der Waals surface area contributed by atoms with Crippen molar-refractivity contribution >= 4 is 11.9 Å². The molecule has 0 aromatic carbocycles. The van der Waals surface area contributed by atoms with E-state index in [1.165, 1.54) is 24.8 Å². The lowest BCUT2D eigenvalue weighted by Crippen LogP contribution is -2.28. The van der Waals surface area contributed by atoms with E-state index in [4.69, 9.17) is 5.14 Å². The Hall–Kier alpha value is 0.310. The summed E-state index contributed by atoms with van der Waals surface area (Å²) in [6.45, 7) is 6.79. The highest BCUT2D eigenvalue weighted by Crippen LogP contribution is 2.45. The minimum Gasteiger partial charge on any atom is -0.277 e. The smallest absolute Gasteiger partial charge is 0.0274 e. The zero-order valence-corrected chi connectivity index (χ0v) is 7.87. The van der Waals surface area contributed by atoms with Crippen LogP contribution in [0.15, 0.2) is 0 Å². The van der Waals surface area contributed by atoms with Crippen LogP contribution in [0.1, 0.15) is 33.6 Å². The molecule has 0 saturated heterocycles. The number of hydrogen-bond acceptors (Lipinski definition) is 2. The Morgan fingerprint density at radius 3 is 2.30 bits per heavy atom. The molecule has 0 heterocycles. The minimum absolute atomic E-state index is 0.279. The van der Waals surface area contributed by atoms with Crippen LogP contribution in [-0.4, -0.2) is 4.75 Å². The molecular weight excluding hydrogens is 142 g/mol. The van der Waals surface area contributed by atoms with Gasteiger partial charge in [0.25, 0.3) is 0 Å². The summed E-state index contributed by atoms with van der Waals surface area (Å²) in [5.74, 6) is 1.74. The summed E-state index contributed by atoms with van der Waals surface area (Å²) in [4.78, 5) is 0. The zero-order valence-electron chi connectivity index (χ0n) is 7.05. The molecule has 0 amide bonds. The Labute approximate surface area is 67.9 Å². The number of rotatable bonds is 3. The van der Waals surface area contributed by atoms with E-state index in [0.717, 1.165) is 11.8 Å². The molecule has 0 aromatic heterocycles. The molecule has 2 N–H and O–H groups in total. The molecule has 0 bridgehead atoms. The van der Waals surface area contributed by atoms with Crippen molar-refractivity contribution in [2.45, 2.75) is 38.4 Å². The largest absolute Gasteiger partial charge is 0.277 e. The Kier molecular flexibility index (Phi) is 2.31. The molecule has 1 atom stereocenters. The highest BCUT2D eigenvalue weighted by atomic mass is 32.2. The van der Waals surface area contributed by atoms with Crippen LogP contribution >= 0.6 is 11.9 Å². The molecule has 1 fully saturated rings. The van der Waals surface area contributed by atoms with E-state index < -0.39 is 0 Å². The van der Waals surface area contributed by atoms with Crippen LogP contribution in [0.3, 0.4) is 0 Å². The Balaban J connectivity index is 2.43. The van der Waals surface area contributed by atoms with Crippen LogP contribution in [-0.2, 0) is 0 Å². The molecule has 60 valence electrons. The molecule has 0 aromatic rings. The lowest BCUT2D eigenvalue weighted by atomic mass is 9.92. The first-order valence-electron chi connectivity index (χ1n) is 3.96. The highest BCUT2D eigenvalue weighted by Gasteiger charge is 2.37.